The minimum Gasteiger partial charge on any atom is -0.393 e. The molecule has 4 aliphatic rings. The van der Waals surface area contributed by atoms with E-state index in [9.17, 15) is 14.7 Å². The van der Waals surface area contributed by atoms with Crippen molar-refractivity contribution in [2.45, 2.75) is 38.2 Å². The topological polar surface area (TPSA) is 60.9 Å². The summed E-state index contributed by atoms with van der Waals surface area (Å²) >= 11 is 0. The third-order valence-corrected chi connectivity index (χ3v) is 5.79. The molecule has 4 fully saturated rings. The summed E-state index contributed by atoms with van der Waals surface area (Å²) in [7, 11) is 0. The molecule has 1 N–H and O–H groups in total. The number of piperidine rings is 1. The predicted octanol–water partition coefficient (Wildman–Crippen LogP) is 0.474. The standard InChI is InChI=1S/C16H24N2O3/c19-13-5-12(6-13)15(20)18-8-11-3-4-17(7-10-1-2-10)16(21)14(11)9-18/h10-14,19H,1-9H2. The van der Waals surface area contributed by atoms with Crippen molar-refractivity contribution in [1.82, 2.24) is 9.80 Å². The number of rotatable bonds is 3. The minimum absolute atomic E-state index is 0.00202. The Balaban J connectivity index is 1.37. The molecule has 5 heteroatoms. The largest absolute Gasteiger partial charge is 0.393 e. The van der Waals surface area contributed by atoms with Gasteiger partial charge in [0.2, 0.25) is 11.8 Å². The summed E-state index contributed by atoms with van der Waals surface area (Å²) in [5.41, 5.74) is 0. The van der Waals surface area contributed by atoms with Gasteiger partial charge in [0.1, 0.15) is 0 Å². The van der Waals surface area contributed by atoms with Crippen molar-refractivity contribution >= 4 is 11.8 Å². The molecule has 2 amide bonds. The predicted molar refractivity (Wildman–Crippen MR) is 76.2 cm³/mol. The summed E-state index contributed by atoms with van der Waals surface area (Å²) in [6.45, 7) is 3.17. The molecule has 0 spiro atoms. The maximum Gasteiger partial charge on any atom is 0.227 e. The van der Waals surface area contributed by atoms with E-state index in [0.29, 0.717) is 25.3 Å². The maximum atomic E-state index is 12.6. The van der Waals surface area contributed by atoms with E-state index in [4.69, 9.17) is 0 Å². The van der Waals surface area contributed by atoms with Gasteiger partial charge in [-0.1, -0.05) is 0 Å². The van der Waals surface area contributed by atoms with Crippen LogP contribution in [-0.4, -0.2) is 59.0 Å². The molecule has 5 nitrogen and oxygen atoms in total. The van der Waals surface area contributed by atoms with Crippen LogP contribution in [0.15, 0.2) is 0 Å². The van der Waals surface area contributed by atoms with E-state index in [2.05, 4.69) is 0 Å². The SMILES string of the molecule is O=C(C1CC(O)C1)N1CC2CCN(CC3CC3)C(=O)C2C1. The second-order valence-corrected chi connectivity index (χ2v) is 7.45. The van der Waals surface area contributed by atoms with Crippen LogP contribution >= 0.6 is 0 Å². The Kier molecular flexibility index (Phi) is 3.21. The van der Waals surface area contributed by atoms with Crippen LogP contribution < -0.4 is 0 Å². The Labute approximate surface area is 125 Å². The van der Waals surface area contributed by atoms with Gasteiger partial charge in [0.05, 0.1) is 12.0 Å². The maximum absolute atomic E-state index is 12.6. The quantitative estimate of drug-likeness (QED) is 0.823. The molecule has 4 rings (SSSR count). The van der Waals surface area contributed by atoms with Gasteiger partial charge in [-0.2, -0.15) is 0 Å². The van der Waals surface area contributed by atoms with Crippen molar-refractivity contribution in [2.24, 2.45) is 23.7 Å². The molecule has 2 heterocycles. The van der Waals surface area contributed by atoms with Crippen LogP contribution in [0.25, 0.3) is 0 Å². The summed E-state index contributed by atoms with van der Waals surface area (Å²) in [5.74, 6) is 1.57. The van der Waals surface area contributed by atoms with Crippen LogP contribution in [-0.2, 0) is 9.59 Å². The molecule has 2 saturated carbocycles. The van der Waals surface area contributed by atoms with Crippen LogP contribution in [0.1, 0.15) is 32.1 Å². The third kappa shape index (κ3) is 2.45. The van der Waals surface area contributed by atoms with Crippen molar-refractivity contribution in [3.8, 4) is 0 Å². The van der Waals surface area contributed by atoms with Crippen LogP contribution in [0.2, 0.25) is 0 Å². The Morgan fingerprint density at radius 1 is 1.19 bits per heavy atom. The molecule has 2 aliphatic heterocycles. The van der Waals surface area contributed by atoms with E-state index in [1.165, 1.54) is 12.8 Å². The van der Waals surface area contributed by atoms with E-state index in [0.717, 1.165) is 32.0 Å². The van der Waals surface area contributed by atoms with Crippen LogP contribution in [0.5, 0.6) is 0 Å². The van der Waals surface area contributed by atoms with Gasteiger partial charge in [-0.25, -0.2) is 0 Å². The monoisotopic (exact) mass is 292 g/mol. The van der Waals surface area contributed by atoms with E-state index in [1.54, 1.807) is 0 Å². The zero-order chi connectivity index (χ0) is 14.6. The highest BCUT2D eigenvalue weighted by Crippen LogP contribution is 2.37. The smallest absolute Gasteiger partial charge is 0.227 e. The first-order chi connectivity index (χ1) is 10.1. The molecular formula is C16H24N2O3. The zero-order valence-electron chi connectivity index (χ0n) is 12.4. The van der Waals surface area contributed by atoms with Gasteiger partial charge >= 0.3 is 0 Å². The van der Waals surface area contributed by atoms with Crippen LogP contribution in [0.3, 0.4) is 0 Å². The normalized spacial score (nSPS) is 39.2. The summed E-state index contributed by atoms with van der Waals surface area (Å²) in [6.07, 6.45) is 4.50. The summed E-state index contributed by atoms with van der Waals surface area (Å²) in [6, 6.07) is 0. The molecule has 2 atom stereocenters. The molecule has 0 aromatic heterocycles. The van der Waals surface area contributed by atoms with Gasteiger partial charge in [-0.3, -0.25) is 9.59 Å². The Morgan fingerprint density at radius 3 is 2.62 bits per heavy atom. The Bertz CT molecular complexity index is 456. The minimum atomic E-state index is -0.292. The number of aliphatic hydroxyl groups excluding tert-OH is 1. The van der Waals surface area contributed by atoms with Gasteiger partial charge in [-0.15, -0.1) is 0 Å². The Hall–Kier alpha value is -1.10. The van der Waals surface area contributed by atoms with Crippen LogP contribution in [0.4, 0.5) is 0 Å². The molecule has 2 unspecified atom stereocenters. The fourth-order valence-corrected chi connectivity index (χ4v) is 4.13. The summed E-state index contributed by atoms with van der Waals surface area (Å²) in [4.78, 5) is 28.9. The van der Waals surface area contributed by atoms with E-state index < -0.39 is 0 Å². The first-order valence-corrected chi connectivity index (χ1v) is 8.37. The lowest BCUT2D eigenvalue weighted by molar-refractivity contribution is -0.142. The molecule has 2 saturated heterocycles. The molecular weight excluding hydrogens is 268 g/mol. The van der Waals surface area contributed by atoms with E-state index in [-0.39, 0.29) is 29.8 Å². The van der Waals surface area contributed by atoms with Gasteiger partial charge in [0, 0.05) is 32.1 Å². The second-order valence-electron chi connectivity index (χ2n) is 7.45. The average molecular weight is 292 g/mol. The van der Waals surface area contributed by atoms with Crippen LogP contribution in [0, 0.1) is 23.7 Å². The molecule has 0 aromatic carbocycles. The Morgan fingerprint density at radius 2 is 1.95 bits per heavy atom. The highest BCUT2D eigenvalue weighted by molar-refractivity contribution is 5.84. The molecule has 116 valence electrons. The molecule has 0 aromatic rings. The van der Waals surface area contributed by atoms with E-state index in [1.807, 2.05) is 9.80 Å². The number of hydrogen-bond acceptors (Lipinski definition) is 3. The first-order valence-electron chi connectivity index (χ1n) is 8.37. The van der Waals surface area contributed by atoms with Gasteiger partial charge in [-0.05, 0) is 43.9 Å². The number of amides is 2. The number of hydrogen-bond donors (Lipinski definition) is 1. The fraction of sp³-hybridized carbons (Fsp3) is 0.875. The number of likely N-dealkylation sites (tertiary alicyclic amines) is 2. The number of carbonyl (C=O) groups is 2. The van der Waals surface area contributed by atoms with Crippen molar-refractivity contribution in [3.63, 3.8) is 0 Å². The van der Waals surface area contributed by atoms with Crippen molar-refractivity contribution < 1.29 is 14.7 Å². The van der Waals surface area contributed by atoms with E-state index >= 15 is 0 Å². The molecule has 0 radical (unpaired) electrons. The lowest BCUT2D eigenvalue weighted by atomic mass is 9.81. The van der Waals surface area contributed by atoms with Gasteiger partial charge < -0.3 is 14.9 Å². The van der Waals surface area contributed by atoms with Crippen molar-refractivity contribution in [1.29, 1.82) is 0 Å². The number of carbonyl (C=O) groups excluding carboxylic acids is 2. The molecule has 0 bridgehead atoms. The average Bonchev–Trinajstić information content (AvgIpc) is 3.13. The first kappa shape index (κ1) is 13.6. The number of fused-ring (bicyclic) bond motifs is 1. The van der Waals surface area contributed by atoms with Gasteiger partial charge in [0.25, 0.3) is 0 Å². The second kappa shape index (κ2) is 4.97. The lowest BCUT2D eigenvalue weighted by Gasteiger charge is -2.33. The summed E-state index contributed by atoms with van der Waals surface area (Å²) < 4.78 is 0. The third-order valence-electron chi connectivity index (χ3n) is 5.79. The number of nitrogens with zero attached hydrogens (tertiary/aromatic N) is 2. The zero-order valence-corrected chi connectivity index (χ0v) is 12.4. The highest BCUT2D eigenvalue weighted by Gasteiger charge is 2.47. The molecule has 2 aliphatic carbocycles. The van der Waals surface area contributed by atoms with Crippen molar-refractivity contribution in [3.05, 3.63) is 0 Å². The molecule has 21 heavy (non-hydrogen) atoms. The number of aliphatic hydroxyl groups is 1. The van der Waals surface area contributed by atoms with Crippen molar-refractivity contribution in [2.75, 3.05) is 26.2 Å². The lowest BCUT2D eigenvalue weighted by Crippen LogP contribution is -2.46. The highest BCUT2D eigenvalue weighted by atomic mass is 16.3. The summed E-state index contributed by atoms with van der Waals surface area (Å²) in [5, 5.41) is 9.35. The fourth-order valence-electron chi connectivity index (χ4n) is 4.13. The van der Waals surface area contributed by atoms with Gasteiger partial charge in [0.15, 0.2) is 0 Å².